The van der Waals surface area contributed by atoms with E-state index >= 15 is 0 Å². The first-order valence-corrected chi connectivity index (χ1v) is 7.28. The summed E-state index contributed by atoms with van der Waals surface area (Å²) in [4.78, 5) is 13.7. The van der Waals surface area contributed by atoms with Crippen LogP contribution in [0.15, 0.2) is 18.2 Å². The lowest BCUT2D eigenvalue weighted by atomic mass is 9.98. The van der Waals surface area contributed by atoms with E-state index in [0.29, 0.717) is 18.8 Å². The molecule has 1 aromatic rings. The van der Waals surface area contributed by atoms with Crippen LogP contribution < -0.4 is 10.1 Å². The second-order valence-electron chi connectivity index (χ2n) is 5.07. The molecule has 0 radical (unpaired) electrons. The predicted octanol–water partition coefficient (Wildman–Crippen LogP) is 3.18. The molecule has 0 aromatic heterocycles. The summed E-state index contributed by atoms with van der Waals surface area (Å²) < 4.78 is 28.8. The van der Waals surface area contributed by atoms with Crippen molar-refractivity contribution in [2.24, 2.45) is 5.92 Å². The van der Waals surface area contributed by atoms with E-state index in [2.05, 4.69) is 10.1 Å². The third-order valence-electron chi connectivity index (χ3n) is 3.56. The predicted molar refractivity (Wildman–Crippen MR) is 78.5 cm³/mol. The average Bonchev–Trinajstić information content (AvgIpc) is 2.50. The van der Waals surface area contributed by atoms with Crippen LogP contribution in [-0.2, 0) is 0 Å². The number of alkyl halides is 2. The lowest BCUT2D eigenvalue weighted by Crippen LogP contribution is -2.41. The van der Waals surface area contributed by atoms with E-state index < -0.39 is 6.61 Å². The molecule has 1 aliphatic rings. The Balaban J connectivity index is 1.97. The van der Waals surface area contributed by atoms with Gasteiger partial charge in [0.1, 0.15) is 5.75 Å². The molecule has 1 heterocycles. The van der Waals surface area contributed by atoms with E-state index in [0.717, 1.165) is 12.8 Å². The quantitative estimate of drug-likeness (QED) is 0.889. The van der Waals surface area contributed by atoms with Gasteiger partial charge in [0.2, 0.25) is 0 Å². The SMILES string of the molecule is O=C(Nc1ccc(Cl)c(OC(F)F)c1)N1CCC(CO)CC1. The van der Waals surface area contributed by atoms with E-state index in [1.807, 2.05) is 0 Å². The van der Waals surface area contributed by atoms with E-state index in [9.17, 15) is 13.6 Å². The summed E-state index contributed by atoms with van der Waals surface area (Å²) >= 11 is 5.75. The monoisotopic (exact) mass is 334 g/mol. The van der Waals surface area contributed by atoms with Crippen LogP contribution in [0.2, 0.25) is 5.02 Å². The van der Waals surface area contributed by atoms with E-state index in [-0.39, 0.29) is 29.3 Å². The Morgan fingerprint density at radius 3 is 2.73 bits per heavy atom. The number of carbonyl (C=O) groups is 1. The molecule has 0 aliphatic carbocycles. The molecule has 5 nitrogen and oxygen atoms in total. The summed E-state index contributed by atoms with van der Waals surface area (Å²) in [6, 6.07) is 3.83. The molecule has 1 saturated heterocycles. The van der Waals surface area contributed by atoms with Crippen molar-refractivity contribution < 1.29 is 23.4 Å². The topological polar surface area (TPSA) is 61.8 Å². The lowest BCUT2D eigenvalue weighted by Gasteiger charge is -2.31. The zero-order valence-corrected chi connectivity index (χ0v) is 12.5. The number of hydrogen-bond acceptors (Lipinski definition) is 3. The summed E-state index contributed by atoms with van der Waals surface area (Å²) in [7, 11) is 0. The van der Waals surface area contributed by atoms with Crippen LogP contribution in [0.1, 0.15) is 12.8 Å². The summed E-state index contributed by atoms with van der Waals surface area (Å²) in [6.45, 7) is -1.77. The van der Waals surface area contributed by atoms with Gasteiger partial charge in [0.05, 0.1) is 5.02 Å². The Labute approximate surface area is 131 Å². The number of halogens is 3. The minimum absolute atomic E-state index is 0.0436. The minimum Gasteiger partial charge on any atom is -0.433 e. The summed E-state index contributed by atoms with van der Waals surface area (Å²) in [5.74, 6) is 0.0408. The fraction of sp³-hybridized carbons (Fsp3) is 0.500. The third kappa shape index (κ3) is 4.45. The molecular formula is C14H17ClF2N2O3. The van der Waals surface area contributed by atoms with Crippen molar-refractivity contribution in [2.75, 3.05) is 25.0 Å². The highest BCUT2D eigenvalue weighted by Gasteiger charge is 2.22. The van der Waals surface area contributed by atoms with Gasteiger partial charge in [0.15, 0.2) is 0 Å². The zero-order chi connectivity index (χ0) is 16.1. The molecule has 1 fully saturated rings. The largest absolute Gasteiger partial charge is 0.433 e. The number of anilines is 1. The molecule has 2 N–H and O–H groups in total. The van der Waals surface area contributed by atoms with Gasteiger partial charge < -0.3 is 20.1 Å². The number of aliphatic hydroxyl groups excluding tert-OH is 1. The first kappa shape index (κ1) is 16.8. The third-order valence-corrected chi connectivity index (χ3v) is 3.87. The van der Waals surface area contributed by atoms with Gasteiger partial charge in [0, 0.05) is 31.5 Å². The standard InChI is InChI=1S/C14H17ClF2N2O3/c15-11-2-1-10(7-12(11)22-13(16)17)18-14(21)19-5-3-9(8-20)4-6-19/h1-2,7,9,13,20H,3-6,8H2,(H,18,21). The van der Waals surface area contributed by atoms with Crippen molar-refractivity contribution >= 4 is 23.3 Å². The number of hydrogen-bond donors (Lipinski definition) is 2. The van der Waals surface area contributed by atoms with E-state index in [4.69, 9.17) is 16.7 Å². The van der Waals surface area contributed by atoms with Crippen LogP contribution in [0, 0.1) is 5.92 Å². The molecule has 0 unspecified atom stereocenters. The van der Waals surface area contributed by atoms with Crippen LogP contribution in [0.4, 0.5) is 19.3 Å². The van der Waals surface area contributed by atoms with Gasteiger partial charge in [-0.05, 0) is 30.9 Å². The number of urea groups is 1. The van der Waals surface area contributed by atoms with Gasteiger partial charge in [0.25, 0.3) is 0 Å². The van der Waals surface area contributed by atoms with E-state index in [1.165, 1.54) is 18.2 Å². The van der Waals surface area contributed by atoms with E-state index in [1.54, 1.807) is 4.90 Å². The maximum absolute atomic E-state index is 12.3. The minimum atomic E-state index is -2.99. The molecule has 0 saturated carbocycles. The second-order valence-corrected chi connectivity index (χ2v) is 5.47. The van der Waals surface area contributed by atoms with Crippen molar-refractivity contribution in [3.8, 4) is 5.75 Å². The fourth-order valence-corrected chi connectivity index (χ4v) is 2.45. The van der Waals surface area contributed by atoms with Crippen LogP contribution >= 0.6 is 11.6 Å². The molecule has 8 heteroatoms. The number of benzene rings is 1. The molecule has 22 heavy (non-hydrogen) atoms. The van der Waals surface area contributed by atoms with Crippen molar-refractivity contribution in [1.29, 1.82) is 0 Å². The first-order valence-electron chi connectivity index (χ1n) is 6.90. The highest BCUT2D eigenvalue weighted by molar-refractivity contribution is 6.32. The number of nitrogens with zero attached hydrogens (tertiary/aromatic N) is 1. The fourth-order valence-electron chi connectivity index (χ4n) is 2.29. The second kappa shape index (κ2) is 7.60. The van der Waals surface area contributed by atoms with Crippen molar-refractivity contribution in [1.82, 2.24) is 4.90 Å². The van der Waals surface area contributed by atoms with Crippen LogP contribution in [0.5, 0.6) is 5.75 Å². The maximum Gasteiger partial charge on any atom is 0.387 e. The summed E-state index contributed by atoms with van der Waals surface area (Å²) in [6.07, 6.45) is 1.48. The number of rotatable bonds is 4. The van der Waals surface area contributed by atoms with Gasteiger partial charge in [-0.1, -0.05) is 11.6 Å². The highest BCUT2D eigenvalue weighted by Crippen LogP contribution is 2.29. The van der Waals surface area contributed by atoms with Crippen LogP contribution in [0.3, 0.4) is 0 Å². The van der Waals surface area contributed by atoms with Gasteiger partial charge in [-0.25, -0.2) is 4.79 Å². The number of piperidine rings is 1. The molecular weight excluding hydrogens is 318 g/mol. The normalized spacial score (nSPS) is 16.0. The Bertz CT molecular complexity index is 523. The van der Waals surface area contributed by atoms with Crippen LogP contribution in [0.25, 0.3) is 0 Å². The van der Waals surface area contributed by atoms with Crippen molar-refractivity contribution in [3.05, 3.63) is 23.2 Å². The summed E-state index contributed by atoms with van der Waals surface area (Å²) in [5, 5.41) is 11.7. The molecule has 1 aromatic carbocycles. The smallest absolute Gasteiger partial charge is 0.387 e. The highest BCUT2D eigenvalue weighted by atomic mass is 35.5. The molecule has 0 bridgehead atoms. The number of carbonyl (C=O) groups excluding carboxylic acids is 1. The lowest BCUT2D eigenvalue weighted by molar-refractivity contribution is -0.0497. The Morgan fingerprint density at radius 1 is 1.45 bits per heavy atom. The zero-order valence-electron chi connectivity index (χ0n) is 11.8. The molecule has 0 spiro atoms. The van der Waals surface area contributed by atoms with Gasteiger partial charge in [-0.3, -0.25) is 0 Å². The van der Waals surface area contributed by atoms with Gasteiger partial charge in [-0.15, -0.1) is 0 Å². The summed E-state index contributed by atoms with van der Waals surface area (Å²) in [5.41, 5.74) is 0.328. The molecule has 2 rings (SSSR count). The molecule has 122 valence electrons. The van der Waals surface area contributed by atoms with Crippen molar-refractivity contribution in [3.63, 3.8) is 0 Å². The Morgan fingerprint density at radius 2 is 2.14 bits per heavy atom. The number of likely N-dealkylation sites (tertiary alicyclic amines) is 1. The maximum atomic E-state index is 12.3. The molecule has 2 amide bonds. The van der Waals surface area contributed by atoms with Gasteiger partial charge >= 0.3 is 12.6 Å². The Hall–Kier alpha value is -1.60. The number of amides is 2. The Kier molecular flexibility index (Phi) is 5.79. The first-order chi connectivity index (χ1) is 10.5. The molecule has 1 aliphatic heterocycles. The average molecular weight is 335 g/mol. The number of ether oxygens (including phenoxy) is 1. The van der Waals surface area contributed by atoms with Gasteiger partial charge in [-0.2, -0.15) is 8.78 Å². The number of nitrogens with one attached hydrogen (secondary N) is 1. The van der Waals surface area contributed by atoms with Crippen LogP contribution in [-0.4, -0.2) is 42.3 Å². The van der Waals surface area contributed by atoms with Crippen molar-refractivity contribution in [2.45, 2.75) is 19.5 Å². The molecule has 0 atom stereocenters. The number of aliphatic hydroxyl groups is 1.